The summed E-state index contributed by atoms with van der Waals surface area (Å²) in [6, 6.07) is 12.5. The number of amidine groups is 1. The second-order valence-corrected chi connectivity index (χ2v) is 6.42. The first kappa shape index (κ1) is 20.3. The zero-order valence-corrected chi connectivity index (χ0v) is 14.7. The monoisotopic (exact) mass is 364 g/mol. The van der Waals surface area contributed by atoms with Crippen LogP contribution in [0.25, 0.3) is 0 Å². The number of esters is 1. The number of rotatable bonds is 4. The molecule has 0 saturated heterocycles. The Bertz CT molecular complexity index is 846. The van der Waals surface area contributed by atoms with Gasteiger partial charge < -0.3 is 10.5 Å². The highest BCUT2D eigenvalue weighted by Gasteiger charge is 2.07. The molecule has 0 bridgehead atoms. The molecule has 134 valence electrons. The van der Waals surface area contributed by atoms with Crippen LogP contribution in [0.2, 0.25) is 0 Å². The van der Waals surface area contributed by atoms with Gasteiger partial charge in [-0.25, -0.2) is 4.79 Å². The average Bonchev–Trinajstić information content (AvgIpc) is 2.55. The van der Waals surface area contributed by atoms with Gasteiger partial charge in [-0.3, -0.25) is 9.96 Å². The summed E-state index contributed by atoms with van der Waals surface area (Å²) in [7, 11) is -4.02. The summed E-state index contributed by atoms with van der Waals surface area (Å²) in [5, 5.41) is 7.20. The molecule has 0 aliphatic rings. The van der Waals surface area contributed by atoms with E-state index in [2.05, 4.69) is 0 Å². The predicted molar refractivity (Wildman–Crippen MR) is 94.4 cm³/mol. The number of nitrogen functional groups attached to an aromatic ring is 1. The maximum Gasteiger partial charge on any atom is 0.338 e. The van der Waals surface area contributed by atoms with E-state index in [4.69, 9.17) is 20.4 Å². The molecule has 0 aliphatic carbocycles. The molecule has 0 fully saturated rings. The third kappa shape index (κ3) is 6.74. The van der Waals surface area contributed by atoms with Gasteiger partial charge in [-0.05, 0) is 38.1 Å². The minimum Gasteiger partial charge on any atom is -0.462 e. The van der Waals surface area contributed by atoms with Crippen molar-refractivity contribution in [3.8, 4) is 0 Å². The lowest BCUT2D eigenvalue weighted by Gasteiger charge is -2.03. The molecule has 2 aromatic rings. The highest BCUT2D eigenvalue weighted by Crippen LogP contribution is 2.08. The molecule has 0 aliphatic heterocycles. The van der Waals surface area contributed by atoms with Crippen molar-refractivity contribution in [2.45, 2.75) is 18.7 Å². The molecule has 25 heavy (non-hydrogen) atoms. The van der Waals surface area contributed by atoms with Gasteiger partial charge in [0.2, 0.25) is 0 Å². The first-order valence-corrected chi connectivity index (χ1v) is 8.75. The summed E-state index contributed by atoms with van der Waals surface area (Å²) in [5.74, 6) is -0.452. The molecule has 0 amide bonds. The van der Waals surface area contributed by atoms with Crippen LogP contribution >= 0.6 is 0 Å². The van der Waals surface area contributed by atoms with Gasteiger partial charge in [0.1, 0.15) is 5.84 Å². The molecule has 0 aromatic heterocycles. The van der Waals surface area contributed by atoms with Crippen molar-refractivity contribution in [1.82, 2.24) is 0 Å². The van der Waals surface area contributed by atoms with Crippen LogP contribution in [-0.4, -0.2) is 31.4 Å². The number of aryl methyl sites for hydroxylation is 1. The van der Waals surface area contributed by atoms with Crippen molar-refractivity contribution in [2.75, 3.05) is 6.61 Å². The highest BCUT2D eigenvalue weighted by molar-refractivity contribution is 7.85. The number of hydrogen-bond acceptors (Lipinski definition) is 5. The number of nitrogens with one attached hydrogen (secondary N) is 1. The fourth-order valence-electron chi connectivity index (χ4n) is 1.74. The van der Waals surface area contributed by atoms with E-state index in [9.17, 15) is 13.2 Å². The van der Waals surface area contributed by atoms with Crippen LogP contribution < -0.4 is 5.73 Å². The van der Waals surface area contributed by atoms with Crippen LogP contribution in [0.15, 0.2) is 53.4 Å². The third-order valence-electron chi connectivity index (χ3n) is 3.00. The molecule has 2 aromatic carbocycles. The van der Waals surface area contributed by atoms with E-state index >= 15 is 0 Å². The van der Waals surface area contributed by atoms with E-state index in [1.54, 1.807) is 43.3 Å². The second-order valence-electron chi connectivity index (χ2n) is 5.00. The Labute approximate surface area is 146 Å². The van der Waals surface area contributed by atoms with E-state index < -0.39 is 16.1 Å². The lowest BCUT2D eigenvalue weighted by Crippen LogP contribution is -2.12. The Morgan fingerprint density at radius 2 is 1.72 bits per heavy atom. The highest BCUT2D eigenvalue weighted by atomic mass is 32.2. The number of carbonyl (C=O) groups is 1. The van der Waals surface area contributed by atoms with Crippen LogP contribution in [-0.2, 0) is 14.9 Å². The van der Waals surface area contributed by atoms with Crippen molar-refractivity contribution in [3.63, 3.8) is 0 Å². The van der Waals surface area contributed by atoms with E-state index in [-0.39, 0.29) is 10.7 Å². The van der Waals surface area contributed by atoms with Gasteiger partial charge >= 0.3 is 5.97 Å². The minimum atomic E-state index is -4.02. The van der Waals surface area contributed by atoms with Gasteiger partial charge in [0.15, 0.2) is 0 Å². The van der Waals surface area contributed by atoms with Crippen molar-refractivity contribution >= 4 is 21.9 Å². The van der Waals surface area contributed by atoms with Crippen LogP contribution in [0.4, 0.5) is 0 Å². The molecular formula is C17H20N2O5S. The summed E-state index contributed by atoms with van der Waals surface area (Å²) < 4.78 is 34.4. The first-order valence-electron chi connectivity index (χ1n) is 7.31. The SMILES string of the molecule is CCOC(=O)c1cccc(C(=N)N)c1.Cc1ccc(S(=O)(=O)O)cc1. The maximum absolute atomic E-state index is 11.3. The number of carbonyl (C=O) groups excluding carboxylic acids is 1. The zero-order valence-electron chi connectivity index (χ0n) is 13.9. The lowest BCUT2D eigenvalue weighted by molar-refractivity contribution is 0.0526. The predicted octanol–water partition coefficient (Wildman–Crippen LogP) is 2.39. The standard InChI is InChI=1S/C10H12N2O2.C7H8O3S/c1-2-14-10(13)8-5-3-4-7(6-8)9(11)12;1-6-2-4-7(5-3-6)11(8,9)10/h3-6H,2H2,1H3,(H3,11,12);2-5H,1H3,(H,8,9,10). The van der Waals surface area contributed by atoms with Crippen molar-refractivity contribution in [1.29, 1.82) is 5.41 Å². The summed E-state index contributed by atoms with van der Waals surface area (Å²) in [6.07, 6.45) is 0. The summed E-state index contributed by atoms with van der Waals surface area (Å²) >= 11 is 0. The number of nitrogens with two attached hydrogens (primary N) is 1. The largest absolute Gasteiger partial charge is 0.462 e. The fourth-order valence-corrected chi connectivity index (χ4v) is 2.22. The Hall–Kier alpha value is -2.71. The summed E-state index contributed by atoms with van der Waals surface area (Å²) in [5.41, 5.74) is 7.18. The Morgan fingerprint density at radius 3 is 2.20 bits per heavy atom. The summed E-state index contributed by atoms with van der Waals surface area (Å²) in [6.45, 7) is 3.92. The molecule has 4 N–H and O–H groups in total. The molecule has 0 atom stereocenters. The maximum atomic E-state index is 11.3. The van der Waals surface area contributed by atoms with E-state index in [1.165, 1.54) is 12.1 Å². The average molecular weight is 364 g/mol. The van der Waals surface area contributed by atoms with E-state index in [0.29, 0.717) is 17.7 Å². The zero-order chi connectivity index (χ0) is 19.0. The smallest absolute Gasteiger partial charge is 0.338 e. The van der Waals surface area contributed by atoms with Gasteiger partial charge in [-0.2, -0.15) is 8.42 Å². The Morgan fingerprint density at radius 1 is 1.16 bits per heavy atom. The van der Waals surface area contributed by atoms with Crippen LogP contribution in [0.5, 0.6) is 0 Å². The van der Waals surface area contributed by atoms with Crippen LogP contribution in [0, 0.1) is 12.3 Å². The molecule has 2 rings (SSSR count). The van der Waals surface area contributed by atoms with Gasteiger partial charge in [0, 0.05) is 5.56 Å². The van der Waals surface area contributed by atoms with Gasteiger partial charge in [0.05, 0.1) is 17.1 Å². The Kier molecular flexibility index (Phi) is 7.28. The quantitative estimate of drug-likeness (QED) is 0.330. The van der Waals surface area contributed by atoms with Crippen molar-refractivity contribution in [3.05, 3.63) is 65.2 Å². The normalized spacial score (nSPS) is 10.4. The third-order valence-corrected chi connectivity index (χ3v) is 3.87. The number of ether oxygens (including phenoxy) is 1. The second kappa shape index (κ2) is 8.95. The molecular weight excluding hydrogens is 344 g/mol. The topological polar surface area (TPSA) is 131 Å². The van der Waals surface area contributed by atoms with Gasteiger partial charge in [0.25, 0.3) is 10.1 Å². The van der Waals surface area contributed by atoms with Crippen LogP contribution in [0.3, 0.4) is 0 Å². The van der Waals surface area contributed by atoms with Crippen molar-refractivity contribution in [2.24, 2.45) is 5.73 Å². The number of hydrogen-bond donors (Lipinski definition) is 3. The first-order chi connectivity index (χ1) is 11.6. The molecule has 0 unspecified atom stereocenters. The molecule has 8 heteroatoms. The molecule has 0 saturated carbocycles. The van der Waals surface area contributed by atoms with Gasteiger partial charge in [-0.1, -0.05) is 29.8 Å². The van der Waals surface area contributed by atoms with E-state index in [0.717, 1.165) is 5.56 Å². The van der Waals surface area contributed by atoms with Crippen molar-refractivity contribution < 1.29 is 22.5 Å². The molecule has 0 heterocycles. The molecule has 0 spiro atoms. The fraction of sp³-hybridized carbons (Fsp3) is 0.176. The Balaban J connectivity index is 0.000000257. The minimum absolute atomic E-state index is 0.0591. The van der Waals surface area contributed by atoms with Crippen LogP contribution in [0.1, 0.15) is 28.4 Å². The van der Waals surface area contributed by atoms with Gasteiger partial charge in [-0.15, -0.1) is 0 Å². The molecule has 0 radical (unpaired) electrons. The number of benzene rings is 2. The van der Waals surface area contributed by atoms with E-state index in [1.807, 2.05) is 6.92 Å². The molecule has 7 nitrogen and oxygen atoms in total. The summed E-state index contributed by atoms with van der Waals surface area (Å²) in [4.78, 5) is 11.2. The lowest BCUT2D eigenvalue weighted by atomic mass is 10.1.